The molecule has 0 aliphatic rings. The summed E-state index contributed by atoms with van der Waals surface area (Å²) in [7, 11) is 3.40. The molecule has 1 aromatic heterocycles. The average Bonchev–Trinajstić information content (AvgIpc) is 2.95. The maximum atomic E-state index is 11.4. The number of methoxy groups -OCH3 is 1. The molecule has 0 aliphatic carbocycles. The number of para-hydroxylation sites is 1. The molecule has 112 valence electrons. The Bertz CT molecular complexity index is 580. The maximum Gasteiger partial charge on any atom is 0.309 e. The molecule has 1 aromatic carbocycles. The van der Waals surface area contributed by atoms with Crippen molar-refractivity contribution in [1.29, 1.82) is 0 Å². The van der Waals surface area contributed by atoms with Gasteiger partial charge in [-0.15, -0.1) is 0 Å². The number of carbonyl (C=O) groups excluding carboxylic acids is 1. The van der Waals surface area contributed by atoms with E-state index in [0.29, 0.717) is 6.54 Å². The van der Waals surface area contributed by atoms with Crippen LogP contribution in [0.25, 0.3) is 5.69 Å². The van der Waals surface area contributed by atoms with Gasteiger partial charge < -0.3 is 9.64 Å². The Hall–Kier alpha value is -2.14. The molecule has 0 amide bonds. The van der Waals surface area contributed by atoms with Gasteiger partial charge in [-0.2, -0.15) is 5.10 Å². The number of aromatic nitrogens is 2. The van der Waals surface area contributed by atoms with Crippen LogP contribution in [0.1, 0.15) is 12.5 Å². The smallest absolute Gasteiger partial charge is 0.309 e. The van der Waals surface area contributed by atoms with Crippen molar-refractivity contribution in [3.63, 3.8) is 0 Å². The first-order valence-corrected chi connectivity index (χ1v) is 6.95. The van der Waals surface area contributed by atoms with E-state index in [0.717, 1.165) is 17.8 Å². The van der Waals surface area contributed by atoms with E-state index in [1.807, 2.05) is 61.4 Å². The number of hydrogen-bond donors (Lipinski definition) is 0. The molecule has 1 heterocycles. The Kier molecular flexibility index (Phi) is 5.11. The zero-order chi connectivity index (χ0) is 15.2. The molecule has 2 aromatic rings. The summed E-state index contributed by atoms with van der Waals surface area (Å²) in [6.45, 7) is 3.27. The number of rotatable bonds is 6. The molecular formula is C16H21N3O2. The summed E-state index contributed by atoms with van der Waals surface area (Å²) in [5, 5.41) is 4.37. The van der Waals surface area contributed by atoms with Crippen molar-refractivity contribution in [3.8, 4) is 5.69 Å². The molecule has 0 saturated heterocycles. The van der Waals surface area contributed by atoms with Crippen LogP contribution in [0.15, 0.2) is 42.7 Å². The molecule has 0 N–H and O–H groups in total. The Morgan fingerprint density at radius 1 is 1.38 bits per heavy atom. The highest BCUT2D eigenvalue weighted by Crippen LogP contribution is 2.10. The molecule has 0 unspecified atom stereocenters. The molecule has 2 rings (SSSR count). The molecule has 0 saturated carbocycles. The molecule has 0 aliphatic heterocycles. The first-order chi connectivity index (χ1) is 10.1. The van der Waals surface area contributed by atoms with Crippen molar-refractivity contribution in [2.75, 3.05) is 20.7 Å². The van der Waals surface area contributed by atoms with Gasteiger partial charge in [0, 0.05) is 24.8 Å². The van der Waals surface area contributed by atoms with Crippen LogP contribution < -0.4 is 0 Å². The van der Waals surface area contributed by atoms with Crippen molar-refractivity contribution in [3.05, 3.63) is 48.3 Å². The van der Waals surface area contributed by atoms with E-state index in [1.165, 1.54) is 7.11 Å². The highest BCUT2D eigenvalue weighted by molar-refractivity contribution is 5.72. The van der Waals surface area contributed by atoms with Gasteiger partial charge >= 0.3 is 5.97 Å². The molecular weight excluding hydrogens is 266 g/mol. The zero-order valence-electron chi connectivity index (χ0n) is 12.7. The van der Waals surface area contributed by atoms with Gasteiger partial charge in [-0.3, -0.25) is 4.79 Å². The third-order valence-electron chi connectivity index (χ3n) is 3.30. The monoisotopic (exact) mass is 287 g/mol. The second-order valence-electron chi connectivity index (χ2n) is 5.25. The average molecular weight is 287 g/mol. The van der Waals surface area contributed by atoms with E-state index >= 15 is 0 Å². The van der Waals surface area contributed by atoms with Gasteiger partial charge in [0.2, 0.25) is 0 Å². The summed E-state index contributed by atoms with van der Waals surface area (Å²) in [6.07, 6.45) is 3.86. The number of carbonyl (C=O) groups is 1. The minimum atomic E-state index is -0.179. The summed E-state index contributed by atoms with van der Waals surface area (Å²) in [5.74, 6) is -0.314. The summed E-state index contributed by atoms with van der Waals surface area (Å²) in [4.78, 5) is 13.5. The van der Waals surface area contributed by atoms with Crippen molar-refractivity contribution in [2.24, 2.45) is 5.92 Å². The molecule has 0 radical (unpaired) electrons. The lowest BCUT2D eigenvalue weighted by molar-refractivity contribution is -0.145. The Morgan fingerprint density at radius 2 is 2.10 bits per heavy atom. The zero-order valence-corrected chi connectivity index (χ0v) is 12.7. The van der Waals surface area contributed by atoms with Crippen LogP contribution in [0.4, 0.5) is 0 Å². The quantitative estimate of drug-likeness (QED) is 0.764. The fourth-order valence-electron chi connectivity index (χ4n) is 2.28. The standard InChI is InChI=1S/C16H21N3O2/c1-13(16(20)21-3)10-18(2)11-14-9-17-19(12-14)15-7-5-4-6-8-15/h4-9,12-13H,10-11H2,1-3H3/t13-/m1/s1. The van der Waals surface area contributed by atoms with E-state index in [-0.39, 0.29) is 11.9 Å². The molecule has 1 atom stereocenters. The number of nitrogens with zero attached hydrogens (tertiary/aromatic N) is 3. The number of hydrogen-bond acceptors (Lipinski definition) is 4. The molecule has 5 heteroatoms. The fraction of sp³-hybridized carbons (Fsp3) is 0.375. The topological polar surface area (TPSA) is 47.4 Å². The van der Waals surface area contributed by atoms with Crippen LogP contribution in [0.2, 0.25) is 0 Å². The minimum Gasteiger partial charge on any atom is -0.469 e. The van der Waals surface area contributed by atoms with Gasteiger partial charge in [0.1, 0.15) is 0 Å². The van der Waals surface area contributed by atoms with Crippen molar-refractivity contribution in [2.45, 2.75) is 13.5 Å². The lowest BCUT2D eigenvalue weighted by Gasteiger charge is -2.19. The van der Waals surface area contributed by atoms with E-state index in [4.69, 9.17) is 4.74 Å². The van der Waals surface area contributed by atoms with Crippen molar-refractivity contribution < 1.29 is 9.53 Å². The van der Waals surface area contributed by atoms with Gasteiger partial charge in [0.05, 0.1) is 24.9 Å². The normalized spacial score (nSPS) is 12.4. The SMILES string of the molecule is COC(=O)[C@H](C)CN(C)Cc1cnn(-c2ccccc2)c1. The number of esters is 1. The number of ether oxygens (including phenoxy) is 1. The summed E-state index contributed by atoms with van der Waals surface area (Å²) in [6, 6.07) is 9.98. The highest BCUT2D eigenvalue weighted by Gasteiger charge is 2.15. The number of benzene rings is 1. The largest absolute Gasteiger partial charge is 0.469 e. The van der Waals surface area contributed by atoms with Crippen LogP contribution >= 0.6 is 0 Å². The predicted octanol–water partition coefficient (Wildman–Crippen LogP) is 2.11. The Morgan fingerprint density at radius 3 is 2.76 bits per heavy atom. The van der Waals surface area contributed by atoms with E-state index < -0.39 is 0 Å². The van der Waals surface area contributed by atoms with Crippen LogP contribution in [-0.4, -0.2) is 41.4 Å². The second-order valence-corrected chi connectivity index (χ2v) is 5.25. The predicted molar refractivity (Wildman–Crippen MR) is 81.1 cm³/mol. The van der Waals surface area contributed by atoms with Gasteiger partial charge in [0.25, 0.3) is 0 Å². The third kappa shape index (κ3) is 4.16. The van der Waals surface area contributed by atoms with E-state index in [2.05, 4.69) is 10.00 Å². The van der Waals surface area contributed by atoms with Gasteiger partial charge in [-0.25, -0.2) is 4.68 Å². The van der Waals surface area contributed by atoms with Crippen molar-refractivity contribution in [1.82, 2.24) is 14.7 Å². The van der Waals surface area contributed by atoms with Crippen molar-refractivity contribution >= 4 is 5.97 Å². The molecule has 0 bridgehead atoms. The molecule has 21 heavy (non-hydrogen) atoms. The summed E-state index contributed by atoms with van der Waals surface area (Å²) >= 11 is 0. The van der Waals surface area contributed by atoms with E-state index in [9.17, 15) is 4.79 Å². The van der Waals surface area contributed by atoms with E-state index in [1.54, 1.807) is 0 Å². The lowest BCUT2D eigenvalue weighted by atomic mass is 10.1. The highest BCUT2D eigenvalue weighted by atomic mass is 16.5. The molecule has 0 fully saturated rings. The minimum absolute atomic E-state index is 0.135. The lowest BCUT2D eigenvalue weighted by Crippen LogP contribution is -2.28. The second kappa shape index (κ2) is 7.04. The fourth-order valence-corrected chi connectivity index (χ4v) is 2.28. The Balaban J connectivity index is 1.95. The molecule has 5 nitrogen and oxygen atoms in total. The van der Waals surface area contributed by atoms with Crippen LogP contribution in [0.5, 0.6) is 0 Å². The van der Waals surface area contributed by atoms with Gasteiger partial charge in [-0.05, 0) is 19.2 Å². The van der Waals surface area contributed by atoms with Gasteiger partial charge in [0.15, 0.2) is 0 Å². The van der Waals surface area contributed by atoms with Gasteiger partial charge in [-0.1, -0.05) is 25.1 Å². The Labute approximate surface area is 125 Å². The maximum absolute atomic E-state index is 11.4. The first kappa shape index (κ1) is 15.3. The molecule has 0 spiro atoms. The van der Waals surface area contributed by atoms with Crippen LogP contribution in [0.3, 0.4) is 0 Å². The summed E-state index contributed by atoms with van der Waals surface area (Å²) < 4.78 is 6.60. The third-order valence-corrected chi connectivity index (χ3v) is 3.30. The van der Waals surface area contributed by atoms with Crippen LogP contribution in [-0.2, 0) is 16.1 Å². The van der Waals surface area contributed by atoms with Crippen LogP contribution in [0, 0.1) is 5.92 Å². The summed E-state index contributed by atoms with van der Waals surface area (Å²) in [5.41, 5.74) is 2.15. The first-order valence-electron chi connectivity index (χ1n) is 6.95.